The minimum Gasteiger partial charge on any atom is -0.496 e. The topological polar surface area (TPSA) is 94.7 Å². The number of thioether (sulfide) groups is 1. The van der Waals surface area contributed by atoms with Crippen LogP contribution in [0.3, 0.4) is 0 Å². The van der Waals surface area contributed by atoms with Crippen LogP contribution < -0.4 is 9.47 Å². The minimum absolute atomic E-state index is 0.0278. The van der Waals surface area contributed by atoms with Crippen molar-refractivity contribution in [3.05, 3.63) is 53.0 Å². The SMILES string of the molecule is COc1ccc(Cl)cc1-c1nnc(S/C(=C\c2cc(I)c(OC)c(I)c2)C(=O)O)o1. The maximum absolute atomic E-state index is 11.8. The van der Waals surface area contributed by atoms with Crippen LogP contribution in [0.2, 0.25) is 5.02 Å². The van der Waals surface area contributed by atoms with Gasteiger partial charge in [0.15, 0.2) is 0 Å². The van der Waals surface area contributed by atoms with Gasteiger partial charge in [0.25, 0.3) is 11.1 Å². The van der Waals surface area contributed by atoms with E-state index in [0.29, 0.717) is 21.9 Å². The van der Waals surface area contributed by atoms with E-state index in [0.717, 1.165) is 24.7 Å². The number of aromatic nitrogens is 2. The number of carboxylic acid groups (broad SMARTS) is 1. The van der Waals surface area contributed by atoms with Gasteiger partial charge in [-0.15, -0.1) is 10.2 Å². The summed E-state index contributed by atoms with van der Waals surface area (Å²) in [7, 11) is 3.11. The van der Waals surface area contributed by atoms with Crippen LogP contribution in [0, 0.1) is 7.14 Å². The highest BCUT2D eigenvalue weighted by atomic mass is 127. The Morgan fingerprint density at radius 3 is 2.47 bits per heavy atom. The molecular formula is C19H13ClI2N2O5S. The lowest BCUT2D eigenvalue weighted by Gasteiger charge is -2.08. The number of methoxy groups -OCH3 is 2. The van der Waals surface area contributed by atoms with Gasteiger partial charge in [0.05, 0.1) is 26.9 Å². The summed E-state index contributed by atoms with van der Waals surface area (Å²) < 4.78 is 18.0. The number of hydrogen-bond donors (Lipinski definition) is 1. The van der Waals surface area contributed by atoms with E-state index >= 15 is 0 Å². The Kier molecular flexibility index (Phi) is 7.87. The largest absolute Gasteiger partial charge is 0.496 e. The molecule has 0 unspecified atom stereocenters. The molecule has 0 radical (unpaired) electrons. The van der Waals surface area contributed by atoms with Gasteiger partial charge in [-0.25, -0.2) is 4.79 Å². The molecule has 1 aromatic heterocycles. The number of nitrogens with zero attached hydrogens (tertiary/aromatic N) is 2. The quantitative estimate of drug-likeness (QED) is 0.191. The molecule has 0 amide bonds. The van der Waals surface area contributed by atoms with Gasteiger partial charge in [-0.05, 0) is 98.9 Å². The van der Waals surface area contributed by atoms with Crippen LogP contribution >= 0.6 is 68.5 Å². The van der Waals surface area contributed by atoms with Crippen molar-refractivity contribution in [2.75, 3.05) is 14.2 Å². The summed E-state index contributed by atoms with van der Waals surface area (Å²) >= 11 is 11.2. The summed E-state index contributed by atoms with van der Waals surface area (Å²) in [6.07, 6.45) is 1.54. The molecule has 0 saturated carbocycles. The first-order valence-corrected chi connectivity index (χ1v) is 11.5. The Balaban J connectivity index is 1.92. The van der Waals surface area contributed by atoms with Crippen molar-refractivity contribution in [2.24, 2.45) is 0 Å². The van der Waals surface area contributed by atoms with Gasteiger partial charge in [-0.1, -0.05) is 11.6 Å². The predicted octanol–water partition coefficient (Wildman–Crippen LogP) is 5.83. The second kappa shape index (κ2) is 10.2. The van der Waals surface area contributed by atoms with Gasteiger partial charge in [-0.2, -0.15) is 0 Å². The predicted molar refractivity (Wildman–Crippen MR) is 131 cm³/mol. The summed E-state index contributed by atoms with van der Waals surface area (Å²) in [4.78, 5) is 11.8. The molecule has 11 heteroatoms. The third-order valence-corrected chi connectivity index (χ3v) is 6.42. The number of rotatable bonds is 7. The number of hydrogen-bond acceptors (Lipinski definition) is 7. The third-order valence-electron chi connectivity index (χ3n) is 3.73. The molecule has 1 heterocycles. The van der Waals surface area contributed by atoms with Crippen molar-refractivity contribution in [1.29, 1.82) is 0 Å². The Hall–Kier alpha value is -1.51. The molecule has 1 N–H and O–H groups in total. The number of ether oxygens (including phenoxy) is 2. The zero-order valence-corrected chi connectivity index (χ0v) is 21.4. The van der Waals surface area contributed by atoms with E-state index in [-0.39, 0.29) is 16.0 Å². The first kappa shape index (κ1) is 23.2. The molecule has 0 bridgehead atoms. The van der Waals surface area contributed by atoms with Gasteiger partial charge in [-0.3, -0.25) is 0 Å². The van der Waals surface area contributed by atoms with Crippen molar-refractivity contribution < 1.29 is 23.8 Å². The molecular weight excluding hydrogens is 658 g/mol. The lowest BCUT2D eigenvalue weighted by atomic mass is 10.2. The van der Waals surface area contributed by atoms with Gasteiger partial charge in [0, 0.05) is 5.02 Å². The van der Waals surface area contributed by atoms with Gasteiger partial charge < -0.3 is 19.0 Å². The molecule has 2 aromatic carbocycles. The highest BCUT2D eigenvalue weighted by Crippen LogP contribution is 2.36. The maximum atomic E-state index is 11.8. The van der Waals surface area contributed by atoms with Crippen LogP contribution in [-0.2, 0) is 4.79 Å². The van der Waals surface area contributed by atoms with Crippen molar-refractivity contribution in [1.82, 2.24) is 10.2 Å². The van der Waals surface area contributed by atoms with Crippen molar-refractivity contribution >= 4 is 80.6 Å². The van der Waals surface area contributed by atoms with Crippen molar-refractivity contribution in [2.45, 2.75) is 5.22 Å². The molecule has 30 heavy (non-hydrogen) atoms. The molecule has 0 atom stereocenters. The lowest BCUT2D eigenvalue weighted by Crippen LogP contribution is -1.98. The highest BCUT2D eigenvalue weighted by Gasteiger charge is 2.19. The lowest BCUT2D eigenvalue weighted by molar-refractivity contribution is -0.131. The van der Waals surface area contributed by atoms with Gasteiger partial charge in [0.2, 0.25) is 0 Å². The summed E-state index contributed by atoms with van der Waals surface area (Å²) in [5.41, 5.74) is 1.23. The average Bonchev–Trinajstić information content (AvgIpc) is 3.15. The van der Waals surface area contributed by atoms with E-state index < -0.39 is 5.97 Å². The maximum Gasteiger partial charge on any atom is 0.342 e. The van der Waals surface area contributed by atoms with Gasteiger partial charge >= 0.3 is 5.97 Å². The smallest absolute Gasteiger partial charge is 0.342 e. The zero-order valence-electron chi connectivity index (χ0n) is 15.5. The van der Waals surface area contributed by atoms with Crippen molar-refractivity contribution in [3.8, 4) is 23.0 Å². The van der Waals surface area contributed by atoms with E-state index in [9.17, 15) is 9.90 Å². The molecule has 0 aliphatic heterocycles. The van der Waals surface area contributed by atoms with Crippen LogP contribution in [-0.4, -0.2) is 35.5 Å². The molecule has 7 nitrogen and oxygen atoms in total. The zero-order chi connectivity index (χ0) is 21.8. The molecule has 0 aliphatic carbocycles. The third kappa shape index (κ3) is 5.39. The summed E-state index contributed by atoms with van der Waals surface area (Å²) in [6.45, 7) is 0. The fourth-order valence-corrected chi connectivity index (χ4v) is 5.55. The molecule has 3 aromatic rings. The second-order valence-corrected chi connectivity index (χ2v) is 9.41. The van der Waals surface area contributed by atoms with Crippen molar-refractivity contribution in [3.63, 3.8) is 0 Å². The van der Waals surface area contributed by atoms with Crippen LogP contribution in [0.25, 0.3) is 17.5 Å². The fraction of sp³-hybridized carbons (Fsp3) is 0.105. The van der Waals surface area contributed by atoms with E-state index in [1.165, 1.54) is 7.11 Å². The Bertz CT molecular complexity index is 1110. The Morgan fingerprint density at radius 2 is 1.87 bits per heavy atom. The monoisotopic (exact) mass is 670 g/mol. The standard InChI is InChI=1S/C19H13ClI2N2O5S/c1-27-14-4-3-10(20)8-11(14)17-23-24-19(29-17)30-15(18(25)26)7-9-5-12(21)16(28-2)13(22)6-9/h3-8H,1-2H3,(H,25,26)/b15-7-. The molecule has 0 spiro atoms. The van der Waals surface area contributed by atoms with E-state index in [4.69, 9.17) is 25.5 Å². The Labute approximate surface area is 208 Å². The number of carboxylic acids is 1. The molecule has 156 valence electrons. The molecule has 0 saturated heterocycles. The summed E-state index contributed by atoms with van der Waals surface area (Å²) in [5.74, 6) is 0.321. The first-order chi connectivity index (χ1) is 14.3. The summed E-state index contributed by atoms with van der Waals surface area (Å²) in [6, 6.07) is 8.67. The first-order valence-electron chi connectivity index (χ1n) is 8.15. The molecule has 0 aliphatic rings. The number of aliphatic carboxylic acids is 1. The fourth-order valence-electron chi connectivity index (χ4n) is 2.45. The average molecular weight is 671 g/mol. The number of carbonyl (C=O) groups is 1. The van der Waals surface area contributed by atoms with Crippen LogP contribution in [0.1, 0.15) is 5.56 Å². The molecule has 3 rings (SSSR count). The number of halogens is 3. The second-order valence-electron chi connectivity index (χ2n) is 5.65. The van der Waals surface area contributed by atoms with E-state index in [1.54, 1.807) is 31.4 Å². The minimum atomic E-state index is -1.11. The molecule has 0 fully saturated rings. The highest BCUT2D eigenvalue weighted by molar-refractivity contribution is 14.1. The van der Waals surface area contributed by atoms with Gasteiger partial charge in [0.1, 0.15) is 16.4 Å². The Morgan fingerprint density at radius 1 is 1.17 bits per heavy atom. The van der Waals surface area contributed by atoms with Crippen LogP contribution in [0.15, 0.2) is 44.9 Å². The van der Waals surface area contributed by atoms with Crippen LogP contribution in [0.5, 0.6) is 11.5 Å². The van der Waals surface area contributed by atoms with Crippen LogP contribution in [0.4, 0.5) is 0 Å². The number of benzene rings is 2. The normalized spacial score (nSPS) is 11.4. The van der Waals surface area contributed by atoms with E-state index in [1.807, 2.05) is 12.1 Å². The summed E-state index contributed by atoms with van der Waals surface area (Å²) in [5, 5.41) is 18.1. The van der Waals surface area contributed by atoms with E-state index in [2.05, 4.69) is 55.4 Å².